The van der Waals surface area contributed by atoms with Gasteiger partial charge in [-0.1, -0.05) is 23.7 Å². The first-order valence-electron chi connectivity index (χ1n) is 13.1. The fourth-order valence-electron chi connectivity index (χ4n) is 5.25. The Hall–Kier alpha value is -2.81. The van der Waals surface area contributed by atoms with Crippen molar-refractivity contribution in [2.75, 3.05) is 11.9 Å². The van der Waals surface area contributed by atoms with Gasteiger partial charge in [0.05, 0.1) is 17.1 Å². The second kappa shape index (κ2) is 11.1. The van der Waals surface area contributed by atoms with Gasteiger partial charge in [-0.05, 0) is 105 Å². The van der Waals surface area contributed by atoms with Gasteiger partial charge >= 0.3 is 5.97 Å². The molecule has 202 valence electrons. The Morgan fingerprint density at radius 2 is 1.68 bits per heavy atom. The molecule has 2 atom stereocenters. The number of carbonyl (C=O) groups is 1. The van der Waals surface area contributed by atoms with E-state index in [1.54, 1.807) is 44.2 Å². The zero-order valence-electron chi connectivity index (χ0n) is 21.6. The van der Waals surface area contributed by atoms with Crippen LogP contribution in [0.2, 0.25) is 5.02 Å². The van der Waals surface area contributed by atoms with Crippen LogP contribution in [0.4, 0.5) is 5.69 Å². The van der Waals surface area contributed by atoms with Crippen LogP contribution in [0.1, 0.15) is 46.0 Å². The third kappa shape index (κ3) is 5.92. The number of halogens is 1. The van der Waals surface area contributed by atoms with E-state index in [2.05, 4.69) is 5.32 Å². The van der Waals surface area contributed by atoms with Crippen LogP contribution >= 0.6 is 11.6 Å². The molecule has 7 nitrogen and oxygen atoms in total. The molecule has 1 saturated carbocycles. The standard InChI is InChI=1S/C29H33ClN2O5S/c1-19(2)36-29(33)28-17-24(31-23-11-9-22(30)10-12-23)18-32(28)38(34,35)27-14-8-20-15-26(13-7-21(20)16-27)37-25-5-3-4-6-25/h7-16,19,24-25,28,31H,3-6,17-18H2,1-2H3/t24?,28-/m0/s1. The molecular formula is C29H33ClN2O5S. The topological polar surface area (TPSA) is 84.9 Å². The van der Waals surface area contributed by atoms with Crippen LogP contribution in [0.3, 0.4) is 0 Å². The summed E-state index contributed by atoms with van der Waals surface area (Å²) in [6.07, 6.45) is 4.72. The summed E-state index contributed by atoms with van der Waals surface area (Å²) in [6, 6.07) is 16.8. The van der Waals surface area contributed by atoms with Crippen molar-refractivity contribution in [2.45, 2.75) is 75.1 Å². The highest BCUT2D eigenvalue weighted by Gasteiger charge is 2.45. The quantitative estimate of drug-likeness (QED) is 0.342. The maximum Gasteiger partial charge on any atom is 0.324 e. The summed E-state index contributed by atoms with van der Waals surface area (Å²) in [7, 11) is -3.98. The van der Waals surface area contributed by atoms with Gasteiger partial charge in [-0.3, -0.25) is 4.79 Å². The number of sulfonamides is 1. The van der Waals surface area contributed by atoms with Gasteiger partial charge in [0.25, 0.3) is 0 Å². The summed E-state index contributed by atoms with van der Waals surface area (Å²) in [6.45, 7) is 3.64. The average molecular weight is 557 g/mol. The van der Waals surface area contributed by atoms with Gasteiger partial charge in [0, 0.05) is 23.3 Å². The number of hydrogen-bond donors (Lipinski definition) is 1. The van der Waals surface area contributed by atoms with Crippen LogP contribution in [0, 0.1) is 0 Å². The summed E-state index contributed by atoms with van der Waals surface area (Å²) in [5.74, 6) is 0.255. The van der Waals surface area contributed by atoms with E-state index < -0.39 is 22.0 Å². The number of esters is 1. The number of nitrogens with zero attached hydrogens (tertiary/aromatic N) is 1. The van der Waals surface area contributed by atoms with Crippen molar-refractivity contribution in [1.82, 2.24) is 4.31 Å². The number of nitrogens with one attached hydrogen (secondary N) is 1. The van der Waals surface area contributed by atoms with Crippen molar-refractivity contribution in [2.24, 2.45) is 0 Å². The lowest BCUT2D eigenvalue weighted by Crippen LogP contribution is -2.42. The van der Waals surface area contributed by atoms with Crippen molar-refractivity contribution >= 4 is 44.1 Å². The van der Waals surface area contributed by atoms with Crippen LogP contribution < -0.4 is 10.1 Å². The summed E-state index contributed by atoms with van der Waals surface area (Å²) in [4.78, 5) is 13.1. The molecule has 1 aliphatic heterocycles. The highest BCUT2D eigenvalue weighted by molar-refractivity contribution is 7.89. The molecule has 1 unspecified atom stereocenters. The number of anilines is 1. The van der Waals surface area contributed by atoms with Crippen LogP contribution in [-0.4, -0.2) is 49.5 Å². The Bertz CT molecular complexity index is 1400. The van der Waals surface area contributed by atoms with Crippen LogP contribution in [0.15, 0.2) is 65.6 Å². The van der Waals surface area contributed by atoms with Crippen molar-refractivity contribution in [1.29, 1.82) is 0 Å². The average Bonchev–Trinajstić information content (AvgIpc) is 3.55. The molecule has 0 radical (unpaired) electrons. The summed E-state index contributed by atoms with van der Waals surface area (Å²) < 4.78 is 40.6. The van der Waals surface area contributed by atoms with Gasteiger partial charge in [0.2, 0.25) is 10.0 Å². The molecule has 1 N–H and O–H groups in total. The van der Waals surface area contributed by atoms with Gasteiger partial charge in [0.1, 0.15) is 11.8 Å². The third-order valence-electron chi connectivity index (χ3n) is 7.09. The first kappa shape index (κ1) is 26.8. The molecular weight excluding hydrogens is 524 g/mol. The summed E-state index contributed by atoms with van der Waals surface area (Å²) >= 11 is 6.00. The van der Waals surface area contributed by atoms with Crippen molar-refractivity contribution < 1.29 is 22.7 Å². The van der Waals surface area contributed by atoms with Gasteiger partial charge in [0.15, 0.2) is 0 Å². The Morgan fingerprint density at radius 1 is 1.00 bits per heavy atom. The number of carbonyl (C=O) groups excluding carboxylic acids is 1. The SMILES string of the molecule is CC(C)OC(=O)[C@@H]1CC(Nc2ccc(Cl)cc2)CN1S(=O)(=O)c1ccc2cc(OC3CCCC3)ccc2c1. The van der Waals surface area contributed by atoms with E-state index in [1.165, 1.54) is 17.1 Å². The van der Waals surface area contributed by atoms with E-state index in [9.17, 15) is 13.2 Å². The van der Waals surface area contributed by atoms with Gasteiger partial charge < -0.3 is 14.8 Å². The second-order valence-electron chi connectivity index (χ2n) is 10.4. The molecule has 1 aliphatic carbocycles. The minimum Gasteiger partial charge on any atom is -0.490 e. The summed E-state index contributed by atoms with van der Waals surface area (Å²) in [5, 5.41) is 5.64. The van der Waals surface area contributed by atoms with Crippen molar-refractivity contribution in [3.63, 3.8) is 0 Å². The molecule has 38 heavy (non-hydrogen) atoms. The highest BCUT2D eigenvalue weighted by Crippen LogP contribution is 2.32. The van der Waals surface area contributed by atoms with E-state index in [0.717, 1.165) is 35.1 Å². The molecule has 1 heterocycles. The van der Waals surface area contributed by atoms with Crippen molar-refractivity contribution in [3.05, 3.63) is 65.7 Å². The predicted octanol–water partition coefficient (Wildman–Crippen LogP) is 6.01. The lowest BCUT2D eigenvalue weighted by molar-refractivity contribution is -0.151. The monoisotopic (exact) mass is 556 g/mol. The van der Waals surface area contributed by atoms with E-state index in [-0.39, 0.29) is 29.7 Å². The number of rotatable bonds is 8. The van der Waals surface area contributed by atoms with Gasteiger partial charge in [-0.25, -0.2) is 8.42 Å². The molecule has 0 bridgehead atoms. The molecule has 2 aliphatic rings. The lowest BCUT2D eigenvalue weighted by atomic mass is 10.1. The van der Waals surface area contributed by atoms with Crippen LogP contribution in [0.5, 0.6) is 5.75 Å². The minimum atomic E-state index is -3.98. The minimum absolute atomic E-state index is 0.134. The largest absolute Gasteiger partial charge is 0.490 e. The zero-order chi connectivity index (χ0) is 26.9. The Morgan fingerprint density at radius 3 is 2.39 bits per heavy atom. The smallest absolute Gasteiger partial charge is 0.324 e. The molecule has 0 spiro atoms. The molecule has 0 amide bonds. The van der Waals surface area contributed by atoms with Crippen LogP contribution in [0.25, 0.3) is 10.8 Å². The zero-order valence-corrected chi connectivity index (χ0v) is 23.2. The molecule has 0 aromatic heterocycles. The first-order valence-corrected chi connectivity index (χ1v) is 15.0. The number of fused-ring (bicyclic) bond motifs is 1. The maximum atomic E-state index is 13.9. The Balaban J connectivity index is 1.40. The Kier molecular flexibility index (Phi) is 7.84. The molecule has 5 rings (SSSR count). The molecule has 3 aromatic rings. The Labute approximate surface area is 229 Å². The van der Waals surface area contributed by atoms with Crippen LogP contribution in [-0.2, 0) is 19.6 Å². The number of hydrogen-bond acceptors (Lipinski definition) is 6. The second-order valence-corrected chi connectivity index (χ2v) is 12.7. The molecule has 2 fully saturated rings. The van der Waals surface area contributed by atoms with E-state index in [0.29, 0.717) is 11.4 Å². The fourth-order valence-corrected chi connectivity index (χ4v) is 7.05. The lowest BCUT2D eigenvalue weighted by Gasteiger charge is -2.23. The van der Waals surface area contributed by atoms with Gasteiger partial charge in [-0.15, -0.1) is 0 Å². The number of ether oxygens (including phenoxy) is 2. The van der Waals surface area contributed by atoms with E-state index >= 15 is 0 Å². The summed E-state index contributed by atoms with van der Waals surface area (Å²) in [5.41, 5.74) is 0.802. The highest BCUT2D eigenvalue weighted by atomic mass is 35.5. The molecule has 9 heteroatoms. The fraction of sp³-hybridized carbons (Fsp3) is 0.414. The number of benzene rings is 3. The third-order valence-corrected chi connectivity index (χ3v) is 9.21. The molecule has 1 saturated heterocycles. The maximum absolute atomic E-state index is 13.9. The first-order chi connectivity index (χ1) is 18.2. The molecule has 3 aromatic carbocycles. The van der Waals surface area contributed by atoms with E-state index in [1.807, 2.05) is 30.3 Å². The predicted molar refractivity (Wildman–Crippen MR) is 149 cm³/mol. The van der Waals surface area contributed by atoms with Crippen molar-refractivity contribution in [3.8, 4) is 5.75 Å². The van der Waals surface area contributed by atoms with Gasteiger partial charge in [-0.2, -0.15) is 4.31 Å². The normalized spacial score (nSPS) is 20.7. The van der Waals surface area contributed by atoms with E-state index in [4.69, 9.17) is 21.1 Å².